The number of hydrogen-bond acceptors (Lipinski definition) is 7. The van der Waals surface area contributed by atoms with Crippen molar-refractivity contribution in [1.29, 1.82) is 0 Å². The highest BCUT2D eigenvalue weighted by Crippen LogP contribution is 2.35. The average molecular weight is 429 g/mol. The molecule has 30 heavy (non-hydrogen) atoms. The van der Waals surface area contributed by atoms with Crippen LogP contribution in [0.3, 0.4) is 0 Å². The lowest BCUT2D eigenvalue weighted by Crippen LogP contribution is -2.23. The number of nitrogens with zero attached hydrogens (tertiary/aromatic N) is 1. The van der Waals surface area contributed by atoms with Crippen molar-refractivity contribution < 1.29 is 23.7 Å². The van der Waals surface area contributed by atoms with Crippen molar-refractivity contribution >= 4 is 17.2 Å². The number of aromatic nitrogens is 1. The van der Waals surface area contributed by atoms with Gasteiger partial charge in [-0.25, -0.2) is 4.98 Å². The van der Waals surface area contributed by atoms with Gasteiger partial charge in [-0.1, -0.05) is 0 Å². The molecule has 2 aromatic carbocycles. The maximum Gasteiger partial charge on any atom is 0.263 e. The van der Waals surface area contributed by atoms with E-state index in [0.29, 0.717) is 27.8 Å². The smallest absolute Gasteiger partial charge is 0.263 e. The Labute approximate surface area is 179 Å². The van der Waals surface area contributed by atoms with Crippen LogP contribution in [0.25, 0.3) is 10.6 Å². The zero-order valence-electron chi connectivity index (χ0n) is 17.6. The van der Waals surface area contributed by atoms with Crippen LogP contribution in [-0.4, -0.2) is 39.3 Å². The SMILES string of the molecule is COc1ccc(-c2nc(C)c(C(=O)NCc3cc(OC)c(OC)cc3OC)s2)cc1. The van der Waals surface area contributed by atoms with Gasteiger partial charge in [0.1, 0.15) is 21.4 Å². The molecule has 0 fully saturated rings. The molecule has 0 aliphatic rings. The normalized spacial score (nSPS) is 10.4. The second kappa shape index (κ2) is 9.49. The second-order valence-electron chi connectivity index (χ2n) is 6.36. The molecule has 0 aliphatic heterocycles. The summed E-state index contributed by atoms with van der Waals surface area (Å²) >= 11 is 1.35. The van der Waals surface area contributed by atoms with Gasteiger partial charge in [-0.2, -0.15) is 0 Å². The van der Waals surface area contributed by atoms with Gasteiger partial charge in [0.15, 0.2) is 11.5 Å². The van der Waals surface area contributed by atoms with Gasteiger partial charge in [-0.05, 0) is 37.3 Å². The van der Waals surface area contributed by atoms with Gasteiger partial charge >= 0.3 is 0 Å². The molecule has 0 atom stereocenters. The molecule has 0 bridgehead atoms. The Bertz CT molecular complexity index is 1030. The Kier molecular flexibility index (Phi) is 6.79. The van der Waals surface area contributed by atoms with Gasteiger partial charge in [-0.3, -0.25) is 4.79 Å². The molecule has 1 amide bonds. The van der Waals surface area contributed by atoms with Crippen molar-refractivity contribution in [3.8, 4) is 33.6 Å². The monoisotopic (exact) mass is 428 g/mol. The van der Waals surface area contributed by atoms with Crippen molar-refractivity contribution in [2.75, 3.05) is 28.4 Å². The first-order valence-corrected chi connectivity index (χ1v) is 10.0. The first kappa shape index (κ1) is 21.4. The Morgan fingerprint density at radius 2 is 1.57 bits per heavy atom. The quantitative estimate of drug-likeness (QED) is 0.582. The van der Waals surface area contributed by atoms with Gasteiger partial charge in [0.25, 0.3) is 5.91 Å². The summed E-state index contributed by atoms with van der Waals surface area (Å²) in [6, 6.07) is 11.1. The van der Waals surface area contributed by atoms with Crippen molar-refractivity contribution in [3.05, 3.63) is 52.5 Å². The fourth-order valence-corrected chi connectivity index (χ4v) is 3.94. The molecule has 1 N–H and O–H groups in total. The molecule has 0 saturated heterocycles. The summed E-state index contributed by atoms with van der Waals surface area (Å²) in [6.07, 6.45) is 0. The first-order chi connectivity index (χ1) is 14.5. The molecule has 0 spiro atoms. The van der Waals surface area contributed by atoms with Gasteiger partial charge in [0, 0.05) is 23.7 Å². The third kappa shape index (κ3) is 4.49. The Balaban J connectivity index is 1.77. The molecule has 0 radical (unpaired) electrons. The van der Waals surface area contributed by atoms with Crippen molar-refractivity contribution in [1.82, 2.24) is 10.3 Å². The summed E-state index contributed by atoms with van der Waals surface area (Å²) in [5, 5.41) is 3.72. The maximum atomic E-state index is 12.8. The van der Waals surface area contributed by atoms with Gasteiger partial charge in [0.05, 0.1) is 34.1 Å². The lowest BCUT2D eigenvalue weighted by atomic mass is 10.1. The van der Waals surface area contributed by atoms with Crippen molar-refractivity contribution in [3.63, 3.8) is 0 Å². The number of ether oxygens (including phenoxy) is 4. The van der Waals surface area contributed by atoms with Crippen LogP contribution in [-0.2, 0) is 6.54 Å². The van der Waals surface area contributed by atoms with E-state index in [0.717, 1.165) is 21.9 Å². The summed E-state index contributed by atoms with van der Waals surface area (Å²) in [7, 11) is 6.32. The summed E-state index contributed by atoms with van der Waals surface area (Å²) in [6.45, 7) is 2.10. The zero-order chi connectivity index (χ0) is 21.7. The summed E-state index contributed by atoms with van der Waals surface area (Å²) < 4.78 is 21.3. The minimum Gasteiger partial charge on any atom is -0.497 e. The van der Waals surface area contributed by atoms with Crippen molar-refractivity contribution in [2.45, 2.75) is 13.5 Å². The third-order valence-electron chi connectivity index (χ3n) is 4.57. The number of benzene rings is 2. The molecule has 8 heteroatoms. The highest BCUT2D eigenvalue weighted by molar-refractivity contribution is 7.17. The molecular formula is C22H24N2O5S. The summed E-state index contributed by atoms with van der Waals surface area (Å²) in [4.78, 5) is 17.9. The minimum absolute atomic E-state index is 0.193. The molecular weight excluding hydrogens is 404 g/mol. The number of nitrogens with one attached hydrogen (secondary N) is 1. The number of hydrogen-bond donors (Lipinski definition) is 1. The number of thiazole rings is 1. The molecule has 0 unspecified atom stereocenters. The Morgan fingerprint density at radius 3 is 2.17 bits per heavy atom. The second-order valence-corrected chi connectivity index (χ2v) is 7.36. The van der Waals surface area contributed by atoms with Crippen LogP contribution in [0.1, 0.15) is 20.9 Å². The van der Waals surface area contributed by atoms with Crippen LogP contribution >= 0.6 is 11.3 Å². The van der Waals surface area contributed by atoms with Crippen LogP contribution in [0.15, 0.2) is 36.4 Å². The number of methoxy groups -OCH3 is 4. The van der Waals surface area contributed by atoms with E-state index in [1.54, 1.807) is 40.6 Å². The maximum absolute atomic E-state index is 12.8. The molecule has 1 aromatic heterocycles. The van der Waals surface area contributed by atoms with Crippen LogP contribution in [0.5, 0.6) is 23.0 Å². The van der Waals surface area contributed by atoms with E-state index >= 15 is 0 Å². The first-order valence-electron chi connectivity index (χ1n) is 9.19. The fraction of sp³-hybridized carbons (Fsp3) is 0.273. The molecule has 3 aromatic rings. The van der Waals surface area contributed by atoms with Crippen LogP contribution in [0.4, 0.5) is 0 Å². The van der Waals surface area contributed by atoms with Crippen LogP contribution in [0.2, 0.25) is 0 Å². The fourth-order valence-electron chi connectivity index (χ4n) is 2.95. The molecule has 7 nitrogen and oxygen atoms in total. The van der Waals surface area contributed by atoms with Crippen LogP contribution < -0.4 is 24.3 Å². The number of rotatable bonds is 8. The molecule has 1 heterocycles. The summed E-state index contributed by atoms with van der Waals surface area (Å²) in [5.74, 6) is 2.31. The Hall–Kier alpha value is -3.26. The zero-order valence-corrected chi connectivity index (χ0v) is 18.4. The predicted molar refractivity (Wildman–Crippen MR) is 116 cm³/mol. The number of carbonyl (C=O) groups excluding carboxylic acids is 1. The molecule has 0 saturated carbocycles. The molecule has 3 rings (SSSR count). The lowest BCUT2D eigenvalue weighted by Gasteiger charge is -2.14. The highest BCUT2D eigenvalue weighted by atomic mass is 32.1. The van der Waals surface area contributed by atoms with Gasteiger partial charge < -0.3 is 24.3 Å². The topological polar surface area (TPSA) is 78.9 Å². The van der Waals surface area contributed by atoms with E-state index in [2.05, 4.69) is 10.3 Å². The standard InChI is InChI=1S/C22H24N2O5S/c1-13-20(30-22(24-13)14-6-8-16(26-2)9-7-14)21(25)23-12-15-10-18(28-4)19(29-5)11-17(15)27-3/h6-11H,12H2,1-5H3,(H,23,25). The van der Waals surface area contributed by atoms with Gasteiger partial charge in [-0.15, -0.1) is 11.3 Å². The minimum atomic E-state index is -0.193. The van der Waals surface area contributed by atoms with E-state index in [-0.39, 0.29) is 12.5 Å². The number of amides is 1. The molecule has 158 valence electrons. The van der Waals surface area contributed by atoms with E-state index in [9.17, 15) is 4.79 Å². The van der Waals surface area contributed by atoms with E-state index in [1.165, 1.54) is 11.3 Å². The van der Waals surface area contributed by atoms with E-state index in [1.807, 2.05) is 31.2 Å². The third-order valence-corrected chi connectivity index (χ3v) is 5.77. The summed E-state index contributed by atoms with van der Waals surface area (Å²) in [5.41, 5.74) is 2.40. The van der Waals surface area contributed by atoms with Crippen LogP contribution in [0, 0.1) is 6.92 Å². The predicted octanol–water partition coefficient (Wildman–Crippen LogP) is 4.08. The average Bonchev–Trinajstić information content (AvgIpc) is 3.18. The van der Waals surface area contributed by atoms with E-state index < -0.39 is 0 Å². The largest absolute Gasteiger partial charge is 0.497 e. The van der Waals surface area contributed by atoms with Gasteiger partial charge in [0.2, 0.25) is 0 Å². The highest BCUT2D eigenvalue weighted by Gasteiger charge is 2.18. The Morgan fingerprint density at radius 1 is 0.933 bits per heavy atom. The number of carbonyl (C=O) groups is 1. The van der Waals surface area contributed by atoms with Crippen molar-refractivity contribution in [2.24, 2.45) is 0 Å². The van der Waals surface area contributed by atoms with E-state index in [4.69, 9.17) is 18.9 Å². The lowest BCUT2D eigenvalue weighted by molar-refractivity contribution is 0.0954. The molecule has 0 aliphatic carbocycles. The number of aryl methyl sites for hydroxylation is 1.